The Morgan fingerprint density at radius 2 is 0.864 bits per heavy atom. The van der Waals surface area contributed by atoms with Crippen molar-refractivity contribution in [3.05, 3.63) is 11.6 Å². The van der Waals surface area contributed by atoms with E-state index in [-0.39, 0.29) is 37.0 Å². The molecule has 0 aliphatic carbocycles. The van der Waals surface area contributed by atoms with Crippen LogP contribution in [0, 0.1) is 0 Å². The van der Waals surface area contributed by atoms with Crippen molar-refractivity contribution in [2.45, 2.75) is 13.2 Å². The number of hydrogen-bond donors (Lipinski definition) is 4. The summed E-state index contributed by atoms with van der Waals surface area (Å²) in [6, 6.07) is 0. The first kappa shape index (κ1) is 15.5. The fourth-order valence-corrected chi connectivity index (χ4v) is 1.49. The molecule has 0 saturated heterocycles. The fourth-order valence-electron chi connectivity index (χ4n) is 1.49. The summed E-state index contributed by atoms with van der Waals surface area (Å²) in [5, 5.41) is 0. The van der Waals surface area contributed by atoms with Gasteiger partial charge in [-0.1, -0.05) is 0 Å². The van der Waals surface area contributed by atoms with Crippen LogP contribution in [-0.2, 0) is 22.7 Å². The van der Waals surface area contributed by atoms with Crippen LogP contribution < -0.4 is 22.9 Å². The lowest BCUT2D eigenvalue weighted by Gasteiger charge is -2.06. The molecule has 0 aromatic carbocycles. The van der Waals surface area contributed by atoms with Crippen molar-refractivity contribution in [2.24, 2.45) is 0 Å². The summed E-state index contributed by atoms with van der Waals surface area (Å²) in [5.41, 5.74) is 21.8. The molecule has 0 amide bonds. The number of nitrogens with two attached hydrogens (primary N) is 4. The highest BCUT2D eigenvalue weighted by molar-refractivity contribution is 5.26. The maximum Gasteiger partial charge on any atom is 0.225 e. The van der Waals surface area contributed by atoms with Gasteiger partial charge in [-0.2, -0.15) is 29.9 Å². The lowest BCUT2D eigenvalue weighted by atomic mass is 10.6. The third-order valence-corrected chi connectivity index (χ3v) is 2.27. The van der Waals surface area contributed by atoms with Crippen molar-refractivity contribution >= 4 is 23.8 Å². The van der Waals surface area contributed by atoms with Gasteiger partial charge in [0.2, 0.25) is 23.8 Å². The third kappa shape index (κ3) is 4.92. The summed E-state index contributed by atoms with van der Waals surface area (Å²) in [6.07, 6.45) is 0. The Labute approximate surface area is 125 Å². The number of nitrogens with zero attached hydrogens (tertiary/aromatic N) is 6. The normalized spacial score (nSPS) is 10.7. The van der Waals surface area contributed by atoms with Gasteiger partial charge >= 0.3 is 0 Å². The number of nitrogen functional groups attached to an aromatic ring is 4. The molecule has 2 heterocycles. The first-order valence-electron chi connectivity index (χ1n) is 6.20. The molecule has 12 nitrogen and oxygen atoms in total. The number of aromatic nitrogens is 6. The molecule has 22 heavy (non-hydrogen) atoms. The van der Waals surface area contributed by atoms with E-state index in [1.807, 2.05) is 0 Å². The SMILES string of the molecule is Nc1nc(N)nc(COCCOCc2nc(N)nc(N)n2)n1. The van der Waals surface area contributed by atoms with Gasteiger partial charge in [-0.3, -0.25) is 0 Å². The van der Waals surface area contributed by atoms with Crippen molar-refractivity contribution in [1.82, 2.24) is 29.9 Å². The Kier molecular flexibility index (Phi) is 5.11. The highest BCUT2D eigenvalue weighted by Crippen LogP contribution is 2.01. The van der Waals surface area contributed by atoms with Gasteiger partial charge in [0.25, 0.3) is 0 Å². The number of hydrogen-bond acceptors (Lipinski definition) is 12. The maximum atomic E-state index is 5.44. The summed E-state index contributed by atoms with van der Waals surface area (Å²) in [4.78, 5) is 22.8. The van der Waals surface area contributed by atoms with E-state index < -0.39 is 0 Å². The largest absolute Gasteiger partial charge is 0.371 e. The van der Waals surface area contributed by atoms with Gasteiger partial charge < -0.3 is 32.4 Å². The predicted octanol–water partition coefficient (Wildman–Crippen LogP) is -1.88. The molecular formula is C10H16N10O2. The monoisotopic (exact) mass is 308 g/mol. The van der Waals surface area contributed by atoms with Crippen LogP contribution in [0.3, 0.4) is 0 Å². The molecule has 0 atom stereocenters. The summed E-state index contributed by atoms with van der Waals surface area (Å²) < 4.78 is 10.6. The third-order valence-electron chi connectivity index (χ3n) is 2.27. The van der Waals surface area contributed by atoms with E-state index >= 15 is 0 Å². The number of ether oxygens (including phenoxy) is 2. The van der Waals surface area contributed by atoms with E-state index in [4.69, 9.17) is 32.4 Å². The Morgan fingerprint density at radius 1 is 0.545 bits per heavy atom. The van der Waals surface area contributed by atoms with Crippen LogP contribution in [0.4, 0.5) is 23.8 Å². The molecule has 2 rings (SSSR count). The van der Waals surface area contributed by atoms with E-state index in [9.17, 15) is 0 Å². The molecule has 0 unspecified atom stereocenters. The topological polar surface area (TPSA) is 200 Å². The van der Waals surface area contributed by atoms with Crippen LogP contribution >= 0.6 is 0 Å². The molecule has 118 valence electrons. The van der Waals surface area contributed by atoms with Crippen LogP contribution in [0.15, 0.2) is 0 Å². The molecule has 0 bridgehead atoms. The van der Waals surface area contributed by atoms with Gasteiger partial charge in [0.1, 0.15) is 13.2 Å². The summed E-state index contributed by atoms with van der Waals surface area (Å²) >= 11 is 0. The van der Waals surface area contributed by atoms with E-state index in [0.717, 1.165) is 0 Å². The molecule has 12 heteroatoms. The van der Waals surface area contributed by atoms with Crippen LogP contribution in [0.25, 0.3) is 0 Å². The molecule has 0 saturated carbocycles. The standard InChI is InChI=1S/C10H16N10O2/c11-7-15-5(16-8(12)19-7)3-21-1-2-22-4-6-17-9(13)20-10(14)18-6/h1-4H2,(H4,11,12,15,16,19)(H4,13,14,17,18,20). The molecule has 0 spiro atoms. The lowest BCUT2D eigenvalue weighted by molar-refractivity contribution is 0.0297. The van der Waals surface area contributed by atoms with E-state index in [0.29, 0.717) is 24.9 Å². The fraction of sp³-hybridized carbons (Fsp3) is 0.400. The van der Waals surface area contributed by atoms with E-state index in [1.165, 1.54) is 0 Å². The van der Waals surface area contributed by atoms with Gasteiger partial charge in [-0.15, -0.1) is 0 Å². The molecule has 2 aromatic rings. The zero-order valence-electron chi connectivity index (χ0n) is 11.6. The van der Waals surface area contributed by atoms with Gasteiger partial charge in [0.15, 0.2) is 11.6 Å². The van der Waals surface area contributed by atoms with E-state index in [1.54, 1.807) is 0 Å². The Hall–Kier alpha value is -2.86. The average molecular weight is 308 g/mol. The van der Waals surface area contributed by atoms with Crippen molar-refractivity contribution in [2.75, 3.05) is 36.1 Å². The second-order valence-electron chi connectivity index (χ2n) is 4.04. The Bertz CT molecular complexity index is 541. The molecule has 0 radical (unpaired) electrons. The average Bonchev–Trinajstić information content (AvgIpc) is 2.40. The van der Waals surface area contributed by atoms with Crippen molar-refractivity contribution in [3.8, 4) is 0 Å². The summed E-state index contributed by atoms with van der Waals surface area (Å²) in [7, 11) is 0. The van der Waals surface area contributed by atoms with Gasteiger partial charge in [-0.25, -0.2) is 0 Å². The minimum atomic E-state index is 0.0485. The minimum Gasteiger partial charge on any atom is -0.371 e. The predicted molar refractivity (Wildman–Crippen MR) is 76.6 cm³/mol. The van der Waals surface area contributed by atoms with Crippen molar-refractivity contribution in [1.29, 1.82) is 0 Å². The summed E-state index contributed by atoms with van der Waals surface area (Å²) in [5.74, 6) is 0.894. The summed E-state index contributed by atoms with van der Waals surface area (Å²) in [6.45, 7) is 0.904. The highest BCUT2D eigenvalue weighted by Gasteiger charge is 2.03. The first-order chi connectivity index (χ1) is 10.5. The van der Waals surface area contributed by atoms with Crippen molar-refractivity contribution in [3.63, 3.8) is 0 Å². The molecule has 2 aromatic heterocycles. The Morgan fingerprint density at radius 3 is 1.18 bits per heavy atom. The van der Waals surface area contributed by atoms with Gasteiger partial charge in [0, 0.05) is 0 Å². The van der Waals surface area contributed by atoms with Gasteiger partial charge in [-0.05, 0) is 0 Å². The number of anilines is 4. The van der Waals surface area contributed by atoms with Crippen LogP contribution in [-0.4, -0.2) is 43.1 Å². The second-order valence-corrected chi connectivity index (χ2v) is 4.04. The minimum absolute atomic E-state index is 0.0485. The van der Waals surface area contributed by atoms with Crippen LogP contribution in [0.1, 0.15) is 11.6 Å². The molecule has 0 aliphatic heterocycles. The Balaban J connectivity index is 1.67. The zero-order valence-corrected chi connectivity index (χ0v) is 11.6. The smallest absolute Gasteiger partial charge is 0.225 e. The van der Waals surface area contributed by atoms with Crippen LogP contribution in [0.5, 0.6) is 0 Å². The lowest BCUT2D eigenvalue weighted by Crippen LogP contribution is -2.11. The number of rotatable bonds is 7. The molecule has 8 N–H and O–H groups in total. The van der Waals surface area contributed by atoms with Crippen molar-refractivity contribution < 1.29 is 9.47 Å². The van der Waals surface area contributed by atoms with E-state index in [2.05, 4.69) is 29.9 Å². The molecule has 0 aliphatic rings. The highest BCUT2D eigenvalue weighted by atomic mass is 16.5. The maximum absolute atomic E-state index is 5.44. The first-order valence-corrected chi connectivity index (χ1v) is 6.20. The van der Waals surface area contributed by atoms with Gasteiger partial charge in [0.05, 0.1) is 13.2 Å². The molecule has 0 fully saturated rings. The quantitative estimate of drug-likeness (QED) is 0.415. The van der Waals surface area contributed by atoms with Crippen LogP contribution in [0.2, 0.25) is 0 Å². The zero-order chi connectivity index (χ0) is 15.9. The molecular weight excluding hydrogens is 292 g/mol. The second kappa shape index (κ2) is 7.24.